The van der Waals surface area contributed by atoms with Gasteiger partial charge in [0.2, 0.25) is 0 Å². The standard InChI is InChI=1S/C22H19N/c1-2-4-7-18(6-3-1)21-11-10-17-8-5-9-20(17)16-22(21)19-12-14-23-15-13-19/h1-3,5-7,9-10,12-16H,4,8,11H2. The second-order valence-corrected chi connectivity index (χ2v) is 5.95. The second kappa shape index (κ2) is 6.21. The minimum atomic E-state index is 0.977. The van der Waals surface area contributed by atoms with Gasteiger partial charge in [-0.1, -0.05) is 48.6 Å². The van der Waals surface area contributed by atoms with Crippen molar-refractivity contribution in [3.8, 4) is 0 Å². The Morgan fingerprint density at radius 2 is 1.74 bits per heavy atom. The van der Waals surface area contributed by atoms with Crippen LogP contribution in [-0.2, 0) is 0 Å². The largest absolute Gasteiger partial charge is 0.265 e. The highest BCUT2D eigenvalue weighted by atomic mass is 14.6. The lowest BCUT2D eigenvalue weighted by Crippen LogP contribution is -1.93. The Morgan fingerprint density at radius 1 is 0.826 bits per heavy atom. The lowest BCUT2D eigenvalue weighted by Gasteiger charge is -2.13. The summed E-state index contributed by atoms with van der Waals surface area (Å²) < 4.78 is 0. The van der Waals surface area contributed by atoms with Crippen LogP contribution in [0.2, 0.25) is 0 Å². The van der Waals surface area contributed by atoms with Crippen LogP contribution in [0.5, 0.6) is 0 Å². The van der Waals surface area contributed by atoms with Crippen molar-refractivity contribution in [2.45, 2.75) is 19.3 Å². The molecule has 23 heavy (non-hydrogen) atoms. The highest BCUT2D eigenvalue weighted by molar-refractivity contribution is 5.83. The molecule has 0 spiro atoms. The summed E-state index contributed by atoms with van der Waals surface area (Å²) in [6.07, 6.45) is 27.0. The first-order valence-corrected chi connectivity index (χ1v) is 8.17. The summed E-state index contributed by atoms with van der Waals surface area (Å²) in [6.45, 7) is 0. The Labute approximate surface area is 137 Å². The molecule has 0 saturated carbocycles. The van der Waals surface area contributed by atoms with Gasteiger partial charge in [-0.05, 0) is 70.9 Å². The SMILES string of the molecule is C1=CCC=C(C2=C(c3ccncc3)C=C3C=CCC3=CC2)C=C1. The van der Waals surface area contributed by atoms with E-state index in [1.807, 2.05) is 12.4 Å². The van der Waals surface area contributed by atoms with Crippen molar-refractivity contribution in [2.75, 3.05) is 0 Å². The normalized spacial score (nSPS) is 19.7. The van der Waals surface area contributed by atoms with Gasteiger partial charge in [-0.3, -0.25) is 4.98 Å². The molecule has 0 radical (unpaired) electrons. The molecule has 0 fully saturated rings. The molecule has 0 amide bonds. The lowest BCUT2D eigenvalue weighted by molar-refractivity contribution is 1.19. The van der Waals surface area contributed by atoms with Crippen LogP contribution in [-0.4, -0.2) is 4.98 Å². The Hall–Kier alpha value is -2.67. The van der Waals surface area contributed by atoms with Crippen LogP contribution >= 0.6 is 0 Å². The van der Waals surface area contributed by atoms with Crippen LogP contribution in [0.3, 0.4) is 0 Å². The van der Waals surface area contributed by atoms with Crippen molar-refractivity contribution in [3.05, 3.63) is 107 Å². The van der Waals surface area contributed by atoms with Gasteiger partial charge in [0.05, 0.1) is 0 Å². The predicted molar refractivity (Wildman–Crippen MR) is 96.7 cm³/mol. The van der Waals surface area contributed by atoms with Gasteiger partial charge in [-0.25, -0.2) is 0 Å². The number of nitrogens with zero attached hydrogens (tertiary/aromatic N) is 1. The third-order valence-corrected chi connectivity index (χ3v) is 4.52. The smallest absolute Gasteiger partial charge is 0.0273 e. The molecule has 0 unspecified atom stereocenters. The number of allylic oxidation sites excluding steroid dienone is 14. The summed E-state index contributed by atoms with van der Waals surface area (Å²) in [4.78, 5) is 4.17. The van der Waals surface area contributed by atoms with Crippen LogP contribution < -0.4 is 0 Å². The molecular formula is C22H19N. The van der Waals surface area contributed by atoms with Gasteiger partial charge < -0.3 is 0 Å². The molecule has 1 nitrogen and oxygen atoms in total. The monoisotopic (exact) mass is 297 g/mol. The van der Waals surface area contributed by atoms with Crippen molar-refractivity contribution in [1.29, 1.82) is 0 Å². The van der Waals surface area contributed by atoms with Crippen LogP contribution in [0.15, 0.2) is 102 Å². The van der Waals surface area contributed by atoms with Crippen LogP contribution in [0.25, 0.3) is 5.57 Å². The Balaban J connectivity index is 1.89. The van der Waals surface area contributed by atoms with Gasteiger partial charge in [-0.15, -0.1) is 0 Å². The molecule has 0 aliphatic heterocycles. The molecule has 0 N–H and O–H groups in total. The fourth-order valence-corrected chi connectivity index (χ4v) is 3.32. The molecule has 3 aliphatic rings. The Kier molecular flexibility index (Phi) is 3.77. The lowest BCUT2D eigenvalue weighted by atomic mass is 9.92. The number of aromatic nitrogens is 1. The Bertz CT molecular complexity index is 824. The molecule has 1 heteroatoms. The zero-order valence-corrected chi connectivity index (χ0v) is 13.1. The van der Waals surface area contributed by atoms with Crippen molar-refractivity contribution in [3.63, 3.8) is 0 Å². The van der Waals surface area contributed by atoms with E-state index in [9.17, 15) is 0 Å². The summed E-state index contributed by atoms with van der Waals surface area (Å²) in [6, 6.07) is 4.21. The number of hydrogen-bond acceptors (Lipinski definition) is 1. The molecule has 4 rings (SSSR count). The van der Waals surface area contributed by atoms with Gasteiger partial charge in [0, 0.05) is 12.4 Å². The van der Waals surface area contributed by atoms with Crippen molar-refractivity contribution < 1.29 is 0 Å². The van der Waals surface area contributed by atoms with Crippen molar-refractivity contribution >= 4 is 5.57 Å². The van der Waals surface area contributed by atoms with Crippen LogP contribution in [0.1, 0.15) is 24.8 Å². The maximum absolute atomic E-state index is 4.17. The average molecular weight is 297 g/mol. The van der Waals surface area contributed by atoms with Gasteiger partial charge in [0.25, 0.3) is 0 Å². The molecule has 112 valence electrons. The quantitative estimate of drug-likeness (QED) is 0.703. The van der Waals surface area contributed by atoms with E-state index in [1.165, 1.54) is 33.4 Å². The van der Waals surface area contributed by atoms with Gasteiger partial charge in [-0.2, -0.15) is 0 Å². The number of fused-ring (bicyclic) bond motifs is 1. The first kappa shape index (κ1) is 14.0. The molecule has 3 aliphatic carbocycles. The fraction of sp³-hybridized carbons (Fsp3) is 0.136. The van der Waals surface area contributed by atoms with Gasteiger partial charge >= 0.3 is 0 Å². The van der Waals surface area contributed by atoms with E-state index in [-0.39, 0.29) is 0 Å². The zero-order chi connectivity index (χ0) is 15.5. The van der Waals surface area contributed by atoms with Gasteiger partial charge in [0.1, 0.15) is 0 Å². The molecule has 0 aromatic carbocycles. The van der Waals surface area contributed by atoms with Crippen molar-refractivity contribution in [2.24, 2.45) is 0 Å². The van der Waals surface area contributed by atoms with E-state index in [0.29, 0.717) is 0 Å². The van der Waals surface area contributed by atoms with Gasteiger partial charge in [0.15, 0.2) is 0 Å². The number of rotatable bonds is 2. The topological polar surface area (TPSA) is 12.9 Å². The predicted octanol–water partition coefficient (Wildman–Crippen LogP) is 5.49. The molecule has 0 bridgehead atoms. The highest BCUT2D eigenvalue weighted by Crippen LogP contribution is 2.37. The molecule has 1 aromatic heterocycles. The molecule has 0 atom stereocenters. The zero-order valence-electron chi connectivity index (χ0n) is 13.1. The number of pyridine rings is 1. The minimum absolute atomic E-state index is 0.977. The maximum Gasteiger partial charge on any atom is 0.0273 e. The van der Waals surface area contributed by atoms with E-state index >= 15 is 0 Å². The van der Waals surface area contributed by atoms with Crippen molar-refractivity contribution in [1.82, 2.24) is 4.98 Å². The summed E-state index contributed by atoms with van der Waals surface area (Å²) in [5.74, 6) is 0. The van der Waals surface area contributed by atoms with E-state index in [4.69, 9.17) is 0 Å². The maximum atomic E-state index is 4.17. The number of hydrogen-bond donors (Lipinski definition) is 0. The highest BCUT2D eigenvalue weighted by Gasteiger charge is 2.17. The first-order chi connectivity index (χ1) is 11.4. The minimum Gasteiger partial charge on any atom is -0.265 e. The van der Waals surface area contributed by atoms with Crippen LogP contribution in [0, 0.1) is 0 Å². The molecule has 0 saturated heterocycles. The van der Waals surface area contributed by atoms with E-state index in [2.05, 4.69) is 71.8 Å². The molecular weight excluding hydrogens is 278 g/mol. The van der Waals surface area contributed by atoms with E-state index in [1.54, 1.807) is 0 Å². The van der Waals surface area contributed by atoms with E-state index in [0.717, 1.165) is 19.3 Å². The summed E-state index contributed by atoms with van der Waals surface area (Å²) >= 11 is 0. The fourth-order valence-electron chi connectivity index (χ4n) is 3.32. The average Bonchev–Trinajstić information content (AvgIpc) is 2.79. The van der Waals surface area contributed by atoms with E-state index < -0.39 is 0 Å². The summed E-state index contributed by atoms with van der Waals surface area (Å²) in [5.41, 5.74) is 8.09. The third-order valence-electron chi connectivity index (χ3n) is 4.52. The summed E-state index contributed by atoms with van der Waals surface area (Å²) in [7, 11) is 0. The Morgan fingerprint density at radius 3 is 2.65 bits per heavy atom. The first-order valence-electron chi connectivity index (χ1n) is 8.17. The molecule has 1 heterocycles. The molecule has 1 aromatic rings. The second-order valence-electron chi connectivity index (χ2n) is 5.95. The third kappa shape index (κ3) is 2.83. The van der Waals surface area contributed by atoms with Crippen LogP contribution in [0.4, 0.5) is 0 Å². The summed E-state index contributed by atoms with van der Waals surface area (Å²) in [5, 5.41) is 0.